The molecule has 0 atom stereocenters. The molecule has 6 nitrogen and oxygen atoms in total. The summed E-state index contributed by atoms with van der Waals surface area (Å²) in [6, 6.07) is 8.88. The van der Waals surface area contributed by atoms with Gasteiger partial charge in [-0.15, -0.1) is 11.3 Å². The van der Waals surface area contributed by atoms with E-state index in [0.29, 0.717) is 54.3 Å². The molecule has 152 valence electrons. The molecule has 1 spiro atoms. The zero-order valence-corrected chi connectivity index (χ0v) is 17.1. The van der Waals surface area contributed by atoms with Gasteiger partial charge in [0, 0.05) is 44.8 Å². The first-order chi connectivity index (χ1) is 14.0. The number of benzene rings is 1. The fourth-order valence-corrected chi connectivity index (χ4v) is 4.68. The van der Waals surface area contributed by atoms with Crippen molar-refractivity contribution in [2.45, 2.75) is 37.7 Å². The number of Topliss-reactive ketones (excluding diaryl/α,β-unsaturated/α-hetero) is 2. The van der Waals surface area contributed by atoms with E-state index in [-0.39, 0.29) is 30.3 Å². The quantitative estimate of drug-likeness (QED) is 0.698. The Bertz CT molecular complexity index is 929. The molecule has 1 aromatic heterocycles. The molecule has 4 rings (SSSR count). The van der Waals surface area contributed by atoms with Crippen molar-refractivity contribution in [1.29, 1.82) is 0 Å². The Kier molecular flexibility index (Phi) is 5.41. The van der Waals surface area contributed by atoms with E-state index in [2.05, 4.69) is 0 Å². The maximum absolute atomic E-state index is 12.6. The van der Waals surface area contributed by atoms with Gasteiger partial charge in [0.25, 0.3) is 0 Å². The molecule has 0 radical (unpaired) electrons. The summed E-state index contributed by atoms with van der Waals surface area (Å²) in [4.78, 5) is 39.8. The monoisotopic (exact) mass is 413 g/mol. The van der Waals surface area contributed by atoms with Gasteiger partial charge in [0.05, 0.1) is 24.0 Å². The van der Waals surface area contributed by atoms with Crippen LogP contribution in [0.3, 0.4) is 0 Å². The van der Waals surface area contributed by atoms with Gasteiger partial charge in [-0.2, -0.15) is 0 Å². The van der Waals surface area contributed by atoms with Crippen molar-refractivity contribution in [2.24, 2.45) is 0 Å². The molecular weight excluding hydrogens is 390 g/mol. The largest absolute Gasteiger partial charge is 0.497 e. The van der Waals surface area contributed by atoms with Crippen molar-refractivity contribution in [1.82, 2.24) is 4.90 Å². The van der Waals surface area contributed by atoms with Gasteiger partial charge in [-0.1, -0.05) is 6.07 Å². The third-order valence-corrected chi connectivity index (χ3v) is 6.60. The number of hydrogen-bond donors (Lipinski definition) is 0. The van der Waals surface area contributed by atoms with Crippen LogP contribution in [0.2, 0.25) is 0 Å². The van der Waals surface area contributed by atoms with Crippen LogP contribution < -0.4 is 9.47 Å². The Morgan fingerprint density at radius 2 is 2.00 bits per heavy atom. The SMILES string of the molecule is COc1ccc2c(c1)OC1(CCN(C(=O)CCC(=O)c3cccs3)CC1)CC2=O. The number of nitrogens with zero attached hydrogens (tertiary/aromatic N) is 1. The van der Waals surface area contributed by atoms with Crippen LogP contribution in [0.1, 0.15) is 52.1 Å². The summed E-state index contributed by atoms with van der Waals surface area (Å²) in [6.07, 6.45) is 1.96. The summed E-state index contributed by atoms with van der Waals surface area (Å²) < 4.78 is 11.5. The Hall–Kier alpha value is -2.67. The van der Waals surface area contributed by atoms with E-state index in [4.69, 9.17) is 9.47 Å². The van der Waals surface area contributed by atoms with Gasteiger partial charge in [-0.05, 0) is 23.6 Å². The van der Waals surface area contributed by atoms with E-state index in [9.17, 15) is 14.4 Å². The summed E-state index contributed by atoms with van der Waals surface area (Å²) in [7, 11) is 1.58. The van der Waals surface area contributed by atoms with Gasteiger partial charge in [-0.25, -0.2) is 0 Å². The second-order valence-corrected chi connectivity index (χ2v) is 8.48. The maximum Gasteiger partial charge on any atom is 0.223 e. The van der Waals surface area contributed by atoms with Crippen LogP contribution in [0.4, 0.5) is 0 Å². The number of hydrogen-bond acceptors (Lipinski definition) is 6. The van der Waals surface area contributed by atoms with Crippen LogP contribution in [-0.4, -0.2) is 48.2 Å². The molecule has 7 heteroatoms. The van der Waals surface area contributed by atoms with E-state index in [1.807, 2.05) is 11.4 Å². The minimum absolute atomic E-state index is 0.00796. The zero-order valence-electron chi connectivity index (χ0n) is 16.3. The van der Waals surface area contributed by atoms with Crippen LogP contribution in [0.5, 0.6) is 11.5 Å². The number of rotatable bonds is 5. The Morgan fingerprint density at radius 1 is 1.21 bits per heavy atom. The van der Waals surface area contributed by atoms with E-state index in [0.717, 1.165) is 0 Å². The van der Waals surface area contributed by atoms with Gasteiger partial charge < -0.3 is 14.4 Å². The lowest BCUT2D eigenvalue weighted by Gasteiger charge is -2.44. The highest BCUT2D eigenvalue weighted by molar-refractivity contribution is 7.12. The molecular formula is C22H23NO5S. The van der Waals surface area contributed by atoms with Gasteiger partial charge in [-0.3, -0.25) is 14.4 Å². The maximum atomic E-state index is 12.6. The van der Waals surface area contributed by atoms with E-state index >= 15 is 0 Å². The molecule has 2 aromatic rings. The van der Waals surface area contributed by atoms with E-state index < -0.39 is 5.60 Å². The average molecular weight is 413 g/mol. The van der Waals surface area contributed by atoms with Crippen molar-refractivity contribution in [3.8, 4) is 11.5 Å². The molecule has 1 fully saturated rings. The first kappa shape index (κ1) is 19.6. The highest BCUT2D eigenvalue weighted by Crippen LogP contribution is 2.40. The minimum atomic E-state index is -0.569. The normalized spacial score (nSPS) is 17.6. The number of carbonyl (C=O) groups is 3. The van der Waals surface area contributed by atoms with Crippen LogP contribution >= 0.6 is 11.3 Å². The molecule has 2 aliphatic heterocycles. The molecule has 0 bridgehead atoms. The van der Waals surface area contributed by atoms with Crippen molar-refractivity contribution in [3.05, 3.63) is 46.2 Å². The van der Waals surface area contributed by atoms with Gasteiger partial charge in [0.2, 0.25) is 5.91 Å². The lowest BCUT2D eigenvalue weighted by atomic mass is 9.82. The predicted molar refractivity (Wildman–Crippen MR) is 109 cm³/mol. The fraction of sp³-hybridized carbons (Fsp3) is 0.409. The fourth-order valence-electron chi connectivity index (χ4n) is 3.98. The second-order valence-electron chi connectivity index (χ2n) is 7.53. The van der Waals surface area contributed by atoms with E-state index in [1.165, 1.54) is 11.3 Å². The number of amides is 1. The molecule has 1 aromatic carbocycles. The lowest BCUT2D eigenvalue weighted by Crippen LogP contribution is -2.52. The molecule has 29 heavy (non-hydrogen) atoms. The zero-order chi connectivity index (χ0) is 20.4. The molecule has 0 saturated carbocycles. The second kappa shape index (κ2) is 7.99. The number of thiophene rings is 1. The predicted octanol–water partition coefficient (Wildman–Crippen LogP) is 3.75. The van der Waals surface area contributed by atoms with Gasteiger partial charge >= 0.3 is 0 Å². The number of fused-ring (bicyclic) bond motifs is 1. The minimum Gasteiger partial charge on any atom is -0.497 e. The van der Waals surface area contributed by atoms with Crippen molar-refractivity contribution < 1.29 is 23.9 Å². The van der Waals surface area contributed by atoms with Gasteiger partial charge in [0.1, 0.15) is 17.1 Å². The highest BCUT2D eigenvalue weighted by atomic mass is 32.1. The summed E-state index contributed by atoms with van der Waals surface area (Å²) in [6.45, 7) is 1.05. The Balaban J connectivity index is 1.35. The van der Waals surface area contributed by atoms with Crippen LogP contribution in [0, 0.1) is 0 Å². The van der Waals surface area contributed by atoms with Crippen molar-refractivity contribution >= 4 is 28.8 Å². The van der Waals surface area contributed by atoms with Crippen LogP contribution in [0.25, 0.3) is 0 Å². The standard InChI is InChI=1S/C22H23NO5S/c1-27-15-4-5-16-18(25)14-22(28-19(16)13-15)8-10-23(11-9-22)21(26)7-6-17(24)20-3-2-12-29-20/h2-5,12-13H,6-11,14H2,1H3. The number of piperidine rings is 1. The van der Waals surface area contributed by atoms with Crippen molar-refractivity contribution in [3.63, 3.8) is 0 Å². The van der Waals surface area contributed by atoms with Crippen LogP contribution in [0.15, 0.2) is 35.7 Å². The third kappa shape index (κ3) is 4.05. The number of likely N-dealkylation sites (tertiary alicyclic amines) is 1. The number of carbonyl (C=O) groups excluding carboxylic acids is 3. The molecule has 1 saturated heterocycles. The van der Waals surface area contributed by atoms with Gasteiger partial charge in [0.15, 0.2) is 11.6 Å². The van der Waals surface area contributed by atoms with E-state index in [1.54, 1.807) is 36.3 Å². The summed E-state index contributed by atoms with van der Waals surface area (Å²) in [5.74, 6) is 1.26. The third-order valence-electron chi connectivity index (χ3n) is 5.69. The summed E-state index contributed by atoms with van der Waals surface area (Å²) in [5.41, 5.74) is 0.0158. The lowest BCUT2D eigenvalue weighted by molar-refractivity contribution is -0.134. The molecule has 1 amide bonds. The highest BCUT2D eigenvalue weighted by Gasteiger charge is 2.43. The molecule has 3 heterocycles. The number of ketones is 2. The average Bonchev–Trinajstić information content (AvgIpc) is 3.27. The topological polar surface area (TPSA) is 72.9 Å². The number of methoxy groups -OCH3 is 1. The summed E-state index contributed by atoms with van der Waals surface area (Å²) >= 11 is 1.40. The van der Waals surface area contributed by atoms with Crippen LogP contribution in [-0.2, 0) is 4.79 Å². The first-order valence-electron chi connectivity index (χ1n) is 9.74. The molecule has 0 unspecified atom stereocenters. The first-order valence-corrected chi connectivity index (χ1v) is 10.6. The summed E-state index contributed by atoms with van der Waals surface area (Å²) in [5, 5.41) is 1.86. The number of ether oxygens (including phenoxy) is 2. The molecule has 0 aliphatic carbocycles. The molecule has 0 N–H and O–H groups in total. The molecule has 2 aliphatic rings. The smallest absolute Gasteiger partial charge is 0.223 e. The Labute approximate surface area is 173 Å². The Morgan fingerprint density at radius 3 is 2.69 bits per heavy atom. The van der Waals surface area contributed by atoms with Crippen molar-refractivity contribution in [2.75, 3.05) is 20.2 Å².